The van der Waals surface area contributed by atoms with Crippen molar-refractivity contribution in [1.82, 2.24) is 30.5 Å². The third kappa shape index (κ3) is 6.01. The van der Waals surface area contributed by atoms with Crippen molar-refractivity contribution >= 4 is 34.6 Å². The Morgan fingerprint density at radius 1 is 1.13 bits per heavy atom. The molecule has 4 unspecified atom stereocenters. The standard InChI is InChI=1S/C25H31N7O6/c26-17(8-14-10-28-18-5-2-1-4-16(14)18)24(36)32-7-3-6-21(32)23(35)30-19(9-15-11-27-13-29-15)22(34)31-20(12-33)25(37)38/h1-2,4-5,10-11,13,17,19-21,28,33H,3,6-9,12,26H2,(H,27,29)(H,30,35)(H,31,34)(H,37,38). The summed E-state index contributed by atoms with van der Waals surface area (Å²) in [4.78, 5) is 62.0. The predicted octanol–water partition coefficient (Wildman–Crippen LogP) is -0.959. The van der Waals surface area contributed by atoms with Crippen LogP contribution in [0.2, 0.25) is 0 Å². The number of benzene rings is 1. The maximum atomic E-state index is 13.3. The van der Waals surface area contributed by atoms with Crippen LogP contribution in [0.15, 0.2) is 43.0 Å². The van der Waals surface area contributed by atoms with E-state index >= 15 is 0 Å². The highest BCUT2D eigenvalue weighted by Gasteiger charge is 2.38. The van der Waals surface area contributed by atoms with Crippen LogP contribution in [-0.4, -0.2) is 91.1 Å². The zero-order chi connectivity index (χ0) is 27.2. The Morgan fingerprint density at radius 2 is 1.92 bits per heavy atom. The van der Waals surface area contributed by atoms with Gasteiger partial charge in [-0.15, -0.1) is 0 Å². The van der Waals surface area contributed by atoms with E-state index in [0.717, 1.165) is 16.5 Å². The minimum absolute atomic E-state index is 0.00388. The summed E-state index contributed by atoms with van der Waals surface area (Å²) in [6.45, 7) is -0.466. The van der Waals surface area contributed by atoms with E-state index in [0.29, 0.717) is 25.1 Å². The van der Waals surface area contributed by atoms with E-state index in [1.165, 1.54) is 17.4 Å². The molecule has 3 heterocycles. The summed E-state index contributed by atoms with van der Waals surface area (Å²) >= 11 is 0. The first-order valence-corrected chi connectivity index (χ1v) is 12.3. The highest BCUT2D eigenvalue weighted by atomic mass is 16.4. The maximum absolute atomic E-state index is 13.3. The Balaban J connectivity index is 1.44. The normalized spacial score (nSPS) is 17.6. The van der Waals surface area contributed by atoms with Crippen LogP contribution >= 0.6 is 0 Å². The lowest BCUT2D eigenvalue weighted by atomic mass is 10.0. The van der Waals surface area contributed by atoms with Gasteiger partial charge < -0.3 is 41.4 Å². The second-order valence-electron chi connectivity index (χ2n) is 9.28. The molecule has 1 aliphatic heterocycles. The summed E-state index contributed by atoms with van der Waals surface area (Å²) < 4.78 is 0. The zero-order valence-corrected chi connectivity index (χ0v) is 20.6. The number of amides is 3. The van der Waals surface area contributed by atoms with Crippen molar-refractivity contribution in [1.29, 1.82) is 0 Å². The van der Waals surface area contributed by atoms with Crippen LogP contribution in [0.25, 0.3) is 10.9 Å². The summed E-state index contributed by atoms with van der Waals surface area (Å²) in [5.41, 5.74) is 8.65. The molecule has 0 radical (unpaired) electrons. The first-order chi connectivity index (χ1) is 18.3. The van der Waals surface area contributed by atoms with Gasteiger partial charge >= 0.3 is 5.97 Å². The Morgan fingerprint density at radius 3 is 2.63 bits per heavy atom. The number of fused-ring (bicyclic) bond motifs is 1. The van der Waals surface area contributed by atoms with Crippen LogP contribution in [0, 0.1) is 0 Å². The second kappa shape index (κ2) is 11.9. The largest absolute Gasteiger partial charge is 0.480 e. The number of aromatic amines is 2. The molecule has 202 valence electrons. The molecule has 0 spiro atoms. The minimum atomic E-state index is -1.53. The van der Waals surface area contributed by atoms with Crippen molar-refractivity contribution in [2.45, 2.75) is 49.9 Å². The van der Waals surface area contributed by atoms with Crippen LogP contribution in [0.3, 0.4) is 0 Å². The van der Waals surface area contributed by atoms with Gasteiger partial charge in [-0.3, -0.25) is 14.4 Å². The molecule has 2 aromatic heterocycles. The summed E-state index contributed by atoms with van der Waals surface area (Å²) in [6.07, 6.45) is 5.97. The number of carbonyl (C=O) groups is 4. The van der Waals surface area contributed by atoms with Gasteiger partial charge in [-0.25, -0.2) is 9.78 Å². The van der Waals surface area contributed by atoms with Crippen molar-refractivity contribution in [3.8, 4) is 0 Å². The third-order valence-corrected chi connectivity index (χ3v) is 6.68. The number of H-pyrrole nitrogens is 2. The molecule has 4 rings (SSSR count). The number of nitrogens with zero attached hydrogens (tertiary/aromatic N) is 2. The summed E-state index contributed by atoms with van der Waals surface area (Å²) in [5.74, 6) is -3.12. The fraction of sp³-hybridized carbons (Fsp3) is 0.400. The number of carbonyl (C=O) groups excluding carboxylic acids is 3. The minimum Gasteiger partial charge on any atom is -0.480 e. The molecule has 13 heteroatoms. The number of aliphatic hydroxyl groups excluding tert-OH is 1. The topological polar surface area (TPSA) is 207 Å². The highest BCUT2D eigenvalue weighted by molar-refractivity contribution is 5.95. The zero-order valence-electron chi connectivity index (χ0n) is 20.6. The number of carboxylic acid groups (broad SMARTS) is 1. The molecular formula is C25H31N7O6. The van der Waals surface area contributed by atoms with E-state index in [1.807, 2.05) is 30.5 Å². The molecule has 13 nitrogen and oxygen atoms in total. The molecule has 4 atom stereocenters. The van der Waals surface area contributed by atoms with Crippen molar-refractivity contribution < 1.29 is 29.4 Å². The first-order valence-electron chi connectivity index (χ1n) is 12.3. The van der Waals surface area contributed by atoms with Gasteiger partial charge in [-0.1, -0.05) is 18.2 Å². The fourth-order valence-electron chi connectivity index (χ4n) is 4.69. The molecule has 1 saturated heterocycles. The number of nitrogens with two attached hydrogens (primary N) is 1. The van der Waals surface area contributed by atoms with E-state index in [-0.39, 0.29) is 18.7 Å². The molecule has 3 aromatic rings. The molecule has 1 aromatic carbocycles. The number of aromatic nitrogens is 3. The van der Waals surface area contributed by atoms with Gasteiger partial charge in [-0.2, -0.15) is 0 Å². The molecule has 0 bridgehead atoms. The number of aliphatic hydroxyl groups is 1. The molecule has 1 aliphatic rings. The first kappa shape index (κ1) is 26.8. The number of aliphatic carboxylic acids is 1. The fourth-order valence-corrected chi connectivity index (χ4v) is 4.69. The molecular weight excluding hydrogens is 494 g/mol. The van der Waals surface area contributed by atoms with Gasteiger partial charge in [0.2, 0.25) is 17.7 Å². The van der Waals surface area contributed by atoms with Crippen LogP contribution < -0.4 is 16.4 Å². The lowest BCUT2D eigenvalue weighted by Gasteiger charge is -2.28. The number of nitrogens with one attached hydrogen (secondary N) is 4. The van der Waals surface area contributed by atoms with Crippen LogP contribution in [0.4, 0.5) is 0 Å². The number of rotatable bonds is 11. The quantitative estimate of drug-likeness (QED) is 0.166. The third-order valence-electron chi connectivity index (χ3n) is 6.68. The van der Waals surface area contributed by atoms with Gasteiger partial charge in [0.15, 0.2) is 0 Å². The molecule has 0 aliphatic carbocycles. The van der Waals surface area contributed by atoms with E-state index in [4.69, 9.17) is 5.73 Å². The molecule has 38 heavy (non-hydrogen) atoms. The lowest BCUT2D eigenvalue weighted by molar-refractivity contribution is -0.144. The predicted molar refractivity (Wildman–Crippen MR) is 136 cm³/mol. The van der Waals surface area contributed by atoms with Crippen molar-refractivity contribution in [2.24, 2.45) is 5.73 Å². The van der Waals surface area contributed by atoms with Crippen molar-refractivity contribution in [3.63, 3.8) is 0 Å². The lowest BCUT2D eigenvalue weighted by Crippen LogP contribution is -2.57. The number of para-hydroxylation sites is 1. The van der Waals surface area contributed by atoms with E-state index < -0.39 is 48.6 Å². The van der Waals surface area contributed by atoms with Crippen molar-refractivity contribution in [2.75, 3.05) is 13.2 Å². The van der Waals surface area contributed by atoms with E-state index in [2.05, 4.69) is 25.6 Å². The van der Waals surface area contributed by atoms with Crippen LogP contribution in [0.5, 0.6) is 0 Å². The molecule has 3 amide bonds. The van der Waals surface area contributed by atoms with Crippen LogP contribution in [0.1, 0.15) is 24.1 Å². The average molecular weight is 526 g/mol. The highest BCUT2D eigenvalue weighted by Crippen LogP contribution is 2.22. The number of hydrogen-bond donors (Lipinski definition) is 7. The monoisotopic (exact) mass is 525 g/mol. The number of hydrogen-bond acceptors (Lipinski definition) is 7. The van der Waals surface area contributed by atoms with Gasteiger partial charge in [-0.05, 0) is 30.9 Å². The smallest absolute Gasteiger partial charge is 0.328 e. The maximum Gasteiger partial charge on any atom is 0.328 e. The van der Waals surface area contributed by atoms with Gasteiger partial charge in [0.1, 0.15) is 18.1 Å². The SMILES string of the molecule is NC(Cc1c[nH]c2ccccc12)C(=O)N1CCCC1C(=O)NC(Cc1cnc[nH]1)C(=O)NC(CO)C(=O)O. The van der Waals surface area contributed by atoms with Crippen molar-refractivity contribution in [3.05, 3.63) is 54.2 Å². The Hall–Kier alpha value is -4.23. The summed E-state index contributed by atoms with van der Waals surface area (Å²) in [7, 11) is 0. The Labute approximate surface area is 217 Å². The number of imidazole rings is 1. The Kier molecular flexibility index (Phi) is 8.38. The van der Waals surface area contributed by atoms with E-state index in [9.17, 15) is 29.4 Å². The molecule has 0 saturated carbocycles. The summed E-state index contributed by atoms with van der Waals surface area (Å²) in [5, 5.41) is 24.3. The second-order valence-corrected chi connectivity index (χ2v) is 9.28. The Bertz CT molecular complexity index is 1290. The van der Waals surface area contributed by atoms with Crippen LogP contribution in [-0.2, 0) is 32.0 Å². The van der Waals surface area contributed by atoms with Gasteiger partial charge in [0.25, 0.3) is 0 Å². The number of likely N-dealkylation sites (tertiary alicyclic amines) is 1. The van der Waals surface area contributed by atoms with E-state index in [1.54, 1.807) is 0 Å². The van der Waals surface area contributed by atoms with Gasteiger partial charge in [0.05, 0.1) is 19.0 Å². The molecule has 1 fully saturated rings. The average Bonchev–Trinajstić information content (AvgIpc) is 3.67. The number of carboxylic acids is 1. The molecule has 8 N–H and O–H groups in total. The summed E-state index contributed by atoms with van der Waals surface area (Å²) in [6, 6.07) is 3.29. The van der Waals surface area contributed by atoms with Gasteiger partial charge in [0, 0.05) is 42.0 Å².